The van der Waals surface area contributed by atoms with Crippen molar-refractivity contribution in [1.29, 1.82) is 0 Å². The van der Waals surface area contributed by atoms with Gasteiger partial charge in [-0.05, 0) is 12.1 Å². The number of carbonyl (C=O) groups excluding carboxylic acids is 1. The zero-order chi connectivity index (χ0) is 12.0. The van der Waals surface area contributed by atoms with Crippen LogP contribution in [0.2, 0.25) is 5.15 Å². The van der Waals surface area contributed by atoms with Crippen LogP contribution in [0.15, 0.2) is 18.3 Å². The second-order valence-electron chi connectivity index (χ2n) is 3.19. The van der Waals surface area contributed by atoms with E-state index in [1.54, 1.807) is 6.07 Å². The third kappa shape index (κ3) is 4.14. The summed E-state index contributed by atoms with van der Waals surface area (Å²) < 4.78 is 4.73. The average molecular weight is 245 g/mol. The van der Waals surface area contributed by atoms with Gasteiger partial charge in [-0.3, -0.25) is 4.79 Å². The van der Waals surface area contributed by atoms with Gasteiger partial charge in [-0.25, -0.2) is 4.98 Å². The molecule has 1 rings (SSSR count). The number of aromatic nitrogens is 1. The molecule has 0 fully saturated rings. The van der Waals surface area contributed by atoms with Crippen LogP contribution in [0.5, 0.6) is 0 Å². The number of halogens is 1. The van der Waals surface area contributed by atoms with E-state index in [-0.39, 0.29) is 24.2 Å². The van der Waals surface area contributed by atoms with Crippen molar-refractivity contribution >= 4 is 17.5 Å². The molecular formula is C10H13ClN2O3. The van der Waals surface area contributed by atoms with Crippen LogP contribution in [0.1, 0.15) is 10.4 Å². The molecular weight excluding hydrogens is 232 g/mol. The van der Waals surface area contributed by atoms with Crippen LogP contribution >= 0.6 is 11.6 Å². The van der Waals surface area contributed by atoms with Crippen LogP contribution in [0.25, 0.3) is 0 Å². The fraction of sp³-hybridized carbons (Fsp3) is 0.400. The van der Waals surface area contributed by atoms with Crippen LogP contribution < -0.4 is 5.32 Å². The molecule has 0 aliphatic carbocycles. The van der Waals surface area contributed by atoms with Crippen molar-refractivity contribution in [3.63, 3.8) is 0 Å². The largest absolute Gasteiger partial charge is 0.389 e. The Bertz CT molecular complexity index is 360. The normalized spacial score (nSPS) is 12.2. The molecule has 0 saturated carbocycles. The molecule has 1 aromatic heterocycles. The van der Waals surface area contributed by atoms with E-state index in [2.05, 4.69) is 10.3 Å². The highest BCUT2D eigenvalue weighted by atomic mass is 35.5. The van der Waals surface area contributed by atoms with Gasteiger partial charge in [0.15, 0.2) is 0 Å². The molecule has 16 heavy (non-hydrogen) atoms. The molecule has 1 heterocycles. The number of hydrogen-bond acceptors (Lipinski definition) is 4. The van der Waals surface area contributed by atoms with Gasteiger partial charge in [0.05, 0.1) is 12.7 Å². The average Bonchev–Trinajstić information content (AvgIpc) is 2.26. The lowest BCUT2D eigenvalue weighted by molar-refractivity contribution is 0.0610. The van der Waals surface area contributed by atoms with Gasteiger partial charge in [-0.15, -0.1) is 0 Å². The molecule has 0 aromatic carbocycles. The zero-order valence-corrected chi connectivity index (χ0v) is 9.57. The Morgan fingerprint density at radius 1 is 1.75 bits per heavy atom. The third-order valence-corrected chi connectivity index (χ3v) is 2.05. The molecule has 6 heteroatoms. The van der Waals surface area contributed by atoms with Crippen molar-refractivity contribution in [2.75, 3.05) is 20.3 Å². The van der Waals surface area contributed by atoms with Gasteiger partial charge in [0, 0.05) is 25.4 Å². The molecule has 88 valence electrons. The number of hydrogen-bond donors (Lipinski definition) is 2. The molecule has 0 bridgehead atoms. The van der Waals surface area contributed by atoms with Crippen molar-refractivity contribution < 1.29 is 14.6 Å². The minimum Gasteiger partial charge on any atom is -0.389 e. The topological polar surface area (TPSA) is 71.5 Å². The molecule has 0 spiro atoms. The quantitative estimate of drug-likeness (QED) is 0.739. The standard InChI is InChI=1S/C10H13ClN2O3/c1-16-6-8(14)5-13-10(15)7-2-3-12-9(11)4-7/h2-4,8,14H,5-6H2,1H3,(H,13,15). The predicted molar refractivity (Wildman–Crippen MR) is 59.5 cm³/mol. The fourth-order valence-corrected chi connectivity index (χ4v) is 1.28. The zero-order valence-electron chi connectivity index (χ0n) is 8.81. The fourth-order valence-electron chi connectivity index (χ4n) is 1.11. The predicted octanol–water partition coefficient (Wildman–Crippen LogP) is 0.472. The first-order chi connectivity index (χ1) is 7.63. The number of rotatable bonds is 5. The minimum atomic E-state index is -0.716. The van der Waals surface area contributed by atoms with E-state index >= 15 is 0 Å². The summed E-state index contributed by atoms with van der Waals surface area (Å²) in [4.78, 5) is 15.3. The monoisotopic (exact) mass is 244 g/mol. The maximum absolute atomic E-state index is 11.6. The Hall–Kier alpha value is -1.17. The lowest BCUT2D eigenvalue weighted by Gasteiger charge is -2.10. The summed E-state index contributed by atoms with van der Waals surface area (Å²) in [6.45, 7) is 0.310. The number of aliphatic hydroxyl groups is 1. The molecule has 1 unspecified atom stereocenters. The maximum Gasteiger partial charge on any atom is 0.251 e. The van der Waals surface area contributed by atoms with Gasteiger partial charge in [0.1, 0.15) is 5.15 Å². The molecule has 5 nitrogen and oxygen atoms in total. The van der Waals surface area contributed by atoms with Gasteiger partial charge >= 0.3 is 0 Å². The number of pyridine rings is 1. The van der Waals surface area contributed by atoms with E-state index in [0.29, 0.717) is 5.56 Å². The highest BCUT2D eigenvalue weighted by Crippen LogP contribution is 2.06. The SMILES string of the molecule is COCC(O)CNC(=O)c1ccnc(Cl)c1. The Morgan fingerprint density at radius 2 is 2.50 bits per heavy atom. The van der Waals surface area contributed by atoms with E-state index < -0.39 is 6.10 Å². The van der Waals surface area contributed by atoms with Crippen LogP contribution in [-0.4, -0.2) is 42.4 Å². The van der Waals surface area contributed by atoms with Crippen molar-refractivity contribution in [3.8, 4) is 0 Å². The highest BCUT2D eigenvalue weighted by Gasteiger charge is 2.09. The second-order valence-corrected chi connectivity index (χ2v) is 3.57. The summed E-state index contributed by atoms with van der Waals surface area (Å²) in [6.07, 6.45) is 0.731. The van der Waals surface area contributed by atoms with E-state index in [1.165, 1.54) is 19.4 Å². The lowest BCUT2D eigenvalue weighted by atomic mass is 10.2. The summed E-state index contributed by atoms with van der Waals surface area (Å²) in [5.74, 6) is -0.306. The minimum absolute atomic E-state index is 0.132. The number of carbonyl (C=O) groups is 1. The van der Waals surface area contributed by atoms with Crippen LogP contribution in [0.4, 0.5) is 0 Å². The number of ether oxygens (including phenoxy) is 1. The van der Waals surface area contributed by atoms with Crippen LogP contribution in [0.3, 0.4) is 0 Å². The molecule has 0 saturated heterocycles. The summed E-state index contributed by atoms with van der Waals surface area (Å²) in [6, 6.07) is 3.00. The van der Waals surface area contributed by atoms with E-state index in [4.69, 9.17) is 16.3 Å². The van der Waals surface area contributed by atoms with Crippen LogP contribution in [-0.2, 0) is 4.74 Å². The maximum atomic E-state index is 11.6. The number of methoxy groups -OCH3 is 1. The number of aliphatic hydroxyl groups excluding tert-OH is 1. The first-order valence-electron chi connectivity index (χ1n) is 4.70. The first-order valence-corrected chi connectivity index (χ1v) is 5.08. The van der Waals surface area contributed by atoms with Gasteiger partial charge < -0.3 is 15.2 Å². The first kappa shape index (κ1) is 12.9. The summed E-state index contributed by atoms with van der Waals surface area (Å²) in [5, 5.41) is 12.1. The Balaban J connectivity index is 2.47. The van der Waals surface area contributed by atoms with Crippen molar-refractivity contribution in [2.45, 2.75) is 6.10 Å². The van der Waals surface area contributed by atoms with Crippen LogP contribution in [0, 0.1) is 0 Å². The molecule has 1 aromatic rings. The Morgan fingerprint density at radius 3 is 3.12 bits per heavy atom. The highest BCUT2D eigenvalue weighted by molar-refractivity contribution is 6.29. The number of nitrogens with zero attached hydrogens (tertiary/aromatic N) is 1. The molecule has 0 aliphatic heterocycles. The number of amides is 1. The second kappa shape index (κ2) is 6.42. The molecule has 2 N–H and O–H groups in total. The lowest BCUT2D eigenvalue weighted by Crippen LogP contribution is -2.34. The van der Waals surface area contributed by atoms with Crippen molar-refractivity contribution in [3.05, 3.63) is 29.0 Å². The van der Waals surface area contributed by atoms with E-state index in [9.17, 15) is 9.90 Å². The molecule has 1 atom stereocenters. The van der Waals surface area contributed by atoms with Crippen molar-refractivity contribution in [2.24, 2.45) is 0 Å². The van der Waals surface area contributed by atoms with Gasteiger partial charge in [-0.1, -0.05) is 11.6 Å². The molecule has 0 aliphatic rings. The molecule has 1 amide bonds. The smallest absolute Gasteiger partial charge is 0.251 e. The Kier molecular flexibility index (Phi) is 5.18. The Labute approximate surface area is 98.4 Å². The number of nitrogens with one attached hydrogen (secondary N) is 1. The summed E-state index contributed by atoms with van der Waals surface area (Å²) >= 11 is 5.64. The van der Waals surface area contributed by atoms with Gasteiger partial charge in [0.25, 0.3) is 5.91 Å². The van der Waals surface area contributed by atoms with Crippen molar-refractivity contribution in [1.82, 2.24) is 10.3 Å². The third-order valence-electron chi connectivity index (χ3n) is 1.85. The van der Waals surface area contributed by atoms with Gasteiger partial charge in [0.2, 0.25) is 0 Å². The van der Waals surface area contributed by atoms with E-state index in [1.807, 2.05) is 0 Å². The molecule has 0 radical (unpaired) electrons. The van der Waals surface area contributed by atoms with Gasteiger partial charge in [-0.2, -0.15) is 0 Å². The summed E-state index contributed by atoms with van der Waals surface area (Å²) in [5.41, 5.74) is 0.407. The summed E-state index contributed by atoms with van der Waals surface area (Å²) in [7, 11) is 1.48. The van der Waals surface area contributed by atoms with E-state index in [0.717, 1.165) is 0 Å².